The zero-order chi connectivity index (χ0) is 15.3. The Morgan fingerprint density at radius 3 is 2.67 bits per heavy atom. The first-order chi connectivity index (χ1) is 10.0. The molecule has 2 heteroatoms. The second kappa shape index (κ2) is 7.78. The standard InChI is InChI=1S/C19H33NS/c1-5-20-13-17-8-9-18(19(2,3)4)12-16(17)7-6-15-10-11-21-14-15/h10-11,14,16-18,20H,5-9,12-13H2,1-4H3. The fourth-order valence-corrected chi connectivity index (χ4v) is 4.56. The van der Waals surface area contributed by atoms with Crippen LogP contribution in [0.4, 0.5) is 0 Å². The normalized spacial score (nSPS) is 27.0. The van der Waals surface area contributed by atoms with Gasteiger partial charge in [-0.1, -0.05) is 27.7 Å². The molecule has 0 saturated heterocycles. The maximum Gasteiger partial charge on any atom is -0.00180 e. The van der Waals surface area contributed by atoms with Gasteiger partial charge in [-0.2, -0.15) is 11.3 Å². The molecule has 1 aromatic rings. The van der Waals surface area contributed by atoms with Crippen LogP contribution < -0.4 is 5.32 Å². The summed E-state index contributed by atoms with van der Waals surface area (Å²) in [4.78, 5) is 0. The number of hydrogen-bond acceptors (Lipinski definition) is 2. The van der Waals surface area contributed by atoms with Gasteiger partial charge >= 0.3 is 0 Å². The van der Waals surface area contributed by atoms with Crippen LogP contribution in [0.15, 0.2) is 16.8 Å². The minimum atomic E-state index is 0.476. The number of hydrogen-bond donors (Lipinski definition) is 1. The highest BCUT2D eigenvalue weighted by molar-refractivity contribution is 7.07. The van der Waals surface area contributed by atoms with E-state index in [0.717, 1.165) is 24.3 Å². The summed E-state index contributed by atoms with van der Waals surface area (Å²) in [6, 6.07) is 2.30. The van der Waals surface area contributed by atoms with Crippen molar-refractivity contribution < 1.29 is 0 Å². The largest absolute Gasteiger partial charge is 0.317 e. The lowest BCUT2D eigenvalue weighted by Crippen LogP contribution is -2.36. The molecule has 0 bridgehead atoms. The van der Waals surface area contributed by atoms with Crippen molar-refractivity contribution in [2.24, 2.45) is 23.2 Å². The lowest BCUT2D eigenvalue weighted by molar-refractivity contribution is 0.0929. The lowest BCUT2D eigenvalue weighted by atomic mass is 9.64. The number of rotatable bonds is 6. The molecular formula is C19H33NS. The van der Waals surface area contributed by atoms with Crippen LogP contribution in [-0.2, 0) is 6.42 Å². The van der Waals surface area contributed by atoms with Crippen molar-refractivity contribution in [1.29, 1.82) is 0 Å². The van der Waals surface area contributed by atoms with Gasteiger partial charge in [0, 0.05) is 0 Å². The van der Waals surface area contributed by atoms with Crippen molar-refractivity contribution in [3.05, 3.63) is 22.4 Å². The molecule has 1 heterocycles. The molecule has 120 valence electrons. The molecule has 1 N–H and O–H groups in total. The zero-order valence-electron chi connectivity index (χ0n) is 14.3. The number of nitrogens with one attached hydrogen (secondary N) is 1. The summed E-state index contributed by atoms with van der Waals surface area (Å²) >= 11 is 1.83. The summed E-state index contributed by atoms with van der Waals surface area (Å²) in [6.07, 6.45) is 6.93. The van der Waals surface area contributed by atoms with Crippen LogP contribution in [0, 0.1) is 23.2 Å². The van der Waals surface area contributed by atoms with Gasteiger partial charge in [0.25, 0.3) is 0 Å². The first-order valence-electron chi connectivity index (χ1n) is 8.72. The fraction of sp³-hybridized carbons (Fsp3) is 0.789. The minimum Gasteiger partial charge on any atom is -0.317 e. The van der Waals surface area contributed by atoms with E-state index in [4.69, 9.17) is 0 Å². The van der Waals surface area contributed by atoms with Crippen LogP contribution >= 0.6 is 11.3 Å². The second-order valence-corrected chi connectivity index (χ2v) is 8.65. The molecule has 0 spiro atoms. The van der Waals surface area contributed by atoms with Gasteiger partial charge in [-0.05, 0) is 90.8 Å². The summed E-state index contributed by atoms with van der Waals surface area (Å²) in [5, 5.41) is 8.13. The maximum atomic E-state index is 3.60. The molecule has 1 aliphatic carbocycles. The molecule has 1 aromatic heterocycles. The van der Waals surface area contributed by atoms with Gasteiger partial charge in [0.1, 0.15) is 0 Å². The maximum absolute atomic E-state index is 3.60. The van der Waals surface area contributed by atoms with Gasteiger partial charge in [-0.15, -0.1) is 0 Å². The third-order valence-corrected chi connectivity index (χ3v) is 6.14. The van der Waals surface area contributed by atoms with Gasteiger partial charge in [0.05, 0.1) is 0 Å². The average molecular weight is 308 g/mol. The Hall–Kier alpha value is -0.340. The van der Waals surface area contributed by atoms with Crippen molar-refractivity contribution >= 4 is 11.3 Å². The summed E-state index contributed by atoms with van der Waals surface area (Å²) in [6.45, 7) is 11.8. The van der Waals surface area contributed by atoms with E-state index < -0.39 is 0 Å². The highest BCUT2D eigenvalue weighted by atomic mass is 32.1. The van der Waals surface area contributed by atoms with Crippen LogP contribution in [0.1, 0.15) is 58.9 Å². The summed E-state index contributed by atoms with van der Waals surface area (Å²) in [7, 11) is 0. The molecule has 1 saturated carbocycles. The van der Waals surface area contributed by atoms with E-state index in [1.807, 2.05) is 11.3 Å². The molecule has 1 fully saturated rings. The van der Waals surface area contributed by atoms with E-state index >= 15 is 0 Å². The van der Waals surface area contributed by atoms with Crippen molar-refractivity contribution in [1.82, 2.24) is 5.32 Å². The highest BCUT2D eigenvalue weighted by Crippen LogP contribution is 2.44. The van der Waals surface area contributed by atoms with E-state index in [1.165, 1.54) is 38.6 Å². The number of thiophene rings is 1. The summed E-state index contributed by atoms with van der Waals surface area (Å²) in [5.74, 6) is 2.70. The van der Waals surface area contributed by atoms with Crippen LogP contribution in [0.3, 0.4) is 0 Å². The monoisotopic (exact) mass is 307 g/mol. The van der Waals surface area contributed by atoms with E-state index in [-0.39, 0.29) is 0 Å². The van der Waals surface area contributed by atoms with E-state index in [1.54, 1.807) is 5.56 Å². The second-order valence-electron chi connectivity index (χ2n) is 7.87. The Bertz CT molecular complexity index is 390. The fourth-order valence-electron chi connectivity index (χ4n) is 3.85. The zero-order valence-corrected chi connectivity index (χ0v) is 15.1. The van der Waals surface area contributed by atoms with Gasteiger partial charge in [-0.3, -0.25) is 0 Å². The molecule has 3 unspecified atom stereocenters. The molecule has 3 atom stereocenters. The Morgan fingerprint density at radius 1 is 1.24 bits per heavy atom. The quantitative estimate of drug-likeness (QED) is 0.745. The lowest BCUT2D eigenvalue weighted by Gasteiger charge is -2.42. The molecule has 0 amide bonds. The predicted molar refractivity (Wildman–Crippen MR) is 95.0 cm³/mol. The third-order valence-electron chi connectivity index (χ3n) is 5.41. The van der Waals surface area contributed by atoms with Gasteiger partial charge in [0.15, 0.2) is 0 Å². The predicted octanol–water partition coefficient (Wildman–Crippen LogP) is 5.37. The first kappa shape index (κ1) is 17.0. The first-order valence-corrected chi connectivity index (χ1v) is 9.66. The third kappa shape index (κ3) is 5.10. The molecule has 0 radical (unpaired) electrons. The van der Waals surface area contributed by atoms with Gasteiger partial charge in [0.2, 0.25) is 0 Å². The minimum absolute atomic E-state index is 0.476. The van der Waals surface area contributed by atoms with Gasteiger partial charge in [-0.25, -0.2) is 0 Å². The molecular weight excluding hydrogens is 274 g/mol. The van der Waals surface area contributed by atoms with Crippen LogP contribution in [0.25, 0.3) is 0 Å². The molecule has 2 rings (SSSR count). The molecule has 21 heavy (non-hydrogen) atoms. The van der Waals surface area contributed by atoms with Crippen LogP contribution in [0.2, 0.25) is 0 Å². The molecule has 1 nitrogen and oxygen atoms in total. The van der Waals surface area contributed by atoms with Crippen molar-refractivity contribution in [3.63, 3.8) is 0 Å². The molecule has 1 aliphatic rings. The Balaban J connectivity index is 1.94. The summed E-state index contributed by atoms with van der Waals surface area (Å²) < 4.78 is 0. The SMILES string of the molecule is CCNCC1CCC(C(C)(C)C)CC1CCc1ccsc1. The Kier molecular flexibility index (Phi) is 6.31. The van der Waals surface area contributed by atoms with E-state index in [2.05, 4.69) is 49.8 Å². The number of aryl methyl sites for hydroxylation is 1. The topological polar surface area (TPSA) is 12.0 Å². The van der Waals surface area contributed by atoms with Crippen molar-refractivity contribution in [2.75, 3.05) is 13.1 Å². The van der Waals surface area contributed by atoms with Crippen molar-refractivity contribution in [2.45, 2.75) is 59.8 Å². The Morgan fingerprint density at radius 2 is 2.05 bits per heavy atom. The molecule has 0 aliphatic heterocycles. The van der Waals surface area contributed by atoms with E-state index in [0.29, 0.717) is 5.41 Å². The smallest absolute Gasteiger partial charge is 0.00180 e. The van der Waals surface area contributed by atoms with Crippen LogP contribution in [0.5, 0.6) is 0 Å². The van der Waals surface area contributed by atoms with Crippen molar-refractivity contribution in [3.8, 4) is 0 Å². The highest BCUT2D eigenvalue weighted by Gasteiger charge is 2.35. The van der Waals surface area contributed by atoms with E-state index in [9.17, 15) is 0 Å². The molecule has 0 aromatic carbocycles. The average Bonchev–Trinajstić information content (AvgIpc) is 2.95. The summed E-state index contributed by atoms with van der Waals surface area (Å²) in [5.41, 5.74) is 2.02. The Labute approximate surface area is 135 Å². The van der Waals surface area contributed by atoms with Crippen LogP contribution in [-0.4, -0.2) is 13.1 Å². The van der Waals surface area contributed by atoms with Gasteiger partial charge < -0.3 is 5.32 Å².